The molecule has 0 heterocycles. The van der Waals surface area contributed by atoms with Crippen molar-refractivity contribution in [2.45, 2.75) is 111 Å². The van der Waals surface area contributed by atoms with Gasteiger partial charge in [0.05, 0.1) is 0 Å². The molecule has 0 aromatic heterocycles. The first-order chi connectivity index (χ1) is 10.7. The molecule has 1 nitrogen and oxygen atoms in total. The molecule has 1 atom stereocenters. The van der Waals surface area contributed by atoms with Gasteiger partial charge in [-0.25, -0.2) is 0 Å². The molecule has 132 valence electrons. The molecule has 0 saturated carbocycles. The number of carbonyl (C=O) groups excluding carboxylic acids is 1. The van der Waals surface area contributed by atoms with Gasteiger partial charge >= 0.3 is 0 Å². The normalized spacial score (nSPS) is 12.5. The average molecular weight is 329 g/mol. The van der Waals surface area contributed by atoms with E-state index in [1.54, 1.807) is 0 Å². The second-order valence-corrected chi connectivity index (χ2v) is 7.95. The minimum Gasteiger partial charge on any atom is -0.287 e. The molecule has 1 unspecified atom stereocenters. The van der Waals surface area contributed by atoms with Crippen molar-refractivity contribution in [2.75, 3.05) is 5.75 Å². The Morgan fingerprint density at radius 1 is 0.727 bits per heavy atom. The Balaban J connectivity index is 3.15. The van der Waals surface area contributed by atoms with E-state index in [4.69, 9.17) is 0 Å². The van der Waals surface area contributed by atoms with Crippen molar-refractivity contribution in [2.24, 2.45) is 5.92 Å². The minimum atomic E-state index is 0.262. The maximum atomic E-state index is 11.7. The van der Waals surface area contributed by atoms with Crippen LogP contribution in [0.4, 0.5) is 0 Å². The predicted octanol–water partition coefficient (Wildman–Crippen LogP) is 7.38. The zero-order valence-corrected chi connectivity index (χ0v) is 16.3. The molecule has 0 aliphatic heterocycles. The summed E-state index contributed by atoms with van der Waals surface area (Å²) < 4.78 is 0. The molecule has 0 amide bonds. The van der Waals surface area contributed by atoms with Gasteiger partial charge in [-0.15, -0.1) is 0 Å². The molecule has 0 saturated heterocycles. The summed E-state index contributed by atoms with van der Waals surface area (Å²) in [5, 5.41) is 0.390. The van der Waals surface area contributed by atoms with Crippen molar-refractivity contribution in [3.05, 3.63) is 0 Å². The average Bonchev–Trinajstić information content (AvgIpc) is 2.51. The molecule has 2 heteroatoms. The van der Waals surface area contributed by atoms with E-state index in [0.717, 1.165) is 12.2 Å². The molecule has 0 radical (unpaired) electrons. The van der Waals surface area contributed by atoms with E-state index < -0.39 is 0 Å². The maximum Gasteiger partial charge on any atom is 0.191 e. The number of hydrogen-bond donors (Lipinski definition) is 0. The smallest absolute Gasteiger partial charge is 0.191 e. The van der Waals surface area contributed by atoms with E-state index in [0.29, 0.717) is 5.12 Å². The summed E-state index contributed by atoms with van der Waals surface area (Å²) in [6.45, 7) is 6.43. The van der Waals surface area contributed by atoms with Crippen molar-refractivity contribution in [3.8, 4) is 0 Å². The third-order valence-corrected chi connectivity index (χ3v) is 5.41. The predicted molar refractivity (Wildman–Crippen MR) is 103 cm³/mol. The fourth-order valence-electron chi connectivity index (χ4n) is 2.87. The van der Waals surface area contributed by atoms with Crippen LogP contribution < -0.4 is 0 Å². The van der Waals surface area contributed by atoms with Crippen molar-refractivity contribution >= 4 is 16.9 Å². The van der Waals surface area contributed by atoms with Crippen LogP contribution in [-0.2, 0) is 4.79 Å². The third-order valence-electron chi connectivity index (χ3n) is 4.43. The lowest BCUT2D eigenvalue weighted by Crippen LogP contribution is -2.06. The first kappa shape index (κ1) is 22.0. The summed E-state index contributed by atoms with van der Waals surface area (Å²) in [4.78, 5) is 11.7. The van der Waals surface area contributed by atoms with E-state index in [1.165, 1.54) is 95.2 Å². The van der Waals surface area contributed by atoms with Gasteiger partial charge in [0.1, 0.15) is 0 Å². The highest BCUT2D eigenvalue weighted by Crippen LogP contribution is 2.18. The number of carbonyl (C=O) groups is 1. The number of hydrogen-bond acceptors (Lipinski definition) is 2. The quantitative estimate of drug-likeness (QED) is 0.275. The van der Waals surface area contributed by atoms with Crippen LogP contribution in [0.3, 0.4) is 0 Å². The van der Waals surface area contributed by atoms with E-state index in [2.05, 4.69) is 20.8 Å². The monoisotopic (exact) mass is 328 g/mol. The van der Waals surface area contributed by atoms with Crippen molar-refractivity contribution < 1.29 is 4.79 Å². The van der Waals surface area contributed by atoms with Gasteiger partial charge in [-0.3, -0.25) is 4.79 Å². The van der Waals surface area contributed by atoms with Crippen LogP contribution >= 0.6 is 11.8 Å². The Hall–Kier alpha value is 0.0200. The zero-order chi connectivity index (χ0) is 16.5. The molecule has 0 rings (SSSR count). The molecule has 0 aromatic rings. The summed E-state index contributed by atoms with van der Waals surface area (Å²) in [7, 11) is 0. The number of rotatable bonds is 16. The van der Waals surface area contributed by atoms with Crippen molar-refractivity contribution in [3.63, 3.8) is 0 Å². The largest absolute Gasteiger partial charge is 0.287 e. The molecule has 22 heavy (non-hydrogen) atoms. The van der Waals surface area contributed by atoms with Crippen molar-refractivity contribution in [1.29, 1.82) is 0 Å². The molecule has 0 bridgehead atoms. The van der Waals surface area contributed by atoms with E-state index in [-0.39, 0.29) is 5.92 Å². The van der Waals surface area contributed by atoms with Gasteiger partial charge in [0.25, 0.3) is 0 Å². The van der Waals surface area contributed by atoms with Crippen molar-refractivity contribution in [1.82, 2.24) is 0 Å². The van der Waals surface area contributed by atoms with Crippen LogP contribution in [0.5, 0.6) is 0 Å². The van der Waals surface area contributed by atoms with Crippen LogP contribution in [0.25, 0.3) is 0 Å². The second kappa shape index (κ2) is 17.4. The molecule has 0 spiro atoms. The Morgan fingerprint density at radius 2 is 1.14 bits per heavy atom. The molecule has 0 aliphatic rings. The molecule has 0 aromatic carbocycles. The van der Waals surface area contributed by atoms with Crippen LogP contribution in [0.2, 0.25) is 0 Å². The lowest BCUT2D eigenvalue weighted by atomic mass is 10.0. The van der Waals surface area contributed by atoms with Gasteiger partial charge in [0.2, 0.25) is 0 Å². The summed E-state index contributed by atoms with van der Waals surface area (Å²) >= 11 is 1.49. The SMILES string of the molecule is CCCCCCCCCCCCCCCC(C)C(=O)SCC. The highest BCUT2D eigenvalue weighted by atomic mass is 32.2. The van der Waals surface area contributed by atoms with Gasteiger partial charge in [-0.05, 0) is 12.2 Å². The lowest BCUT2D eigenvalue weighted by Gasteiger charge is -2.08. The van der Waals surface area contributed by atoms with Gasteiger partial charge in [-0.1, -0.05) is 116 Å². The zero-order valence-electron chi connectivity index (χ0n) is 15.5. The Kier molecular flexibility index (Phi) is 17.4. The Labute approximate surface area is 144 Å². The van der Waals surface area contributed by atoms with Gasteiger partial charge in [0, 0.05) is 5.92 Å². The van der Waals surface area contributed by atoms with Gasteiger partial charge in [-0.2, -0.15) is 0 Å². The first-order valence-electron chi connectivity index (χ1n) is 9.89. The van der Waals surface area contributed by atoms with E-state index in [9.17, 15) is 4.79 Å². The van der Waals surface area contributed by atoms with Crippen LogP contribution in [0, 0.1) is 5.92 Å². The molecule has 0 fully saturated rings. The van der Waals surface area contributed by atoms with E-state index >= 15 is 0 Å². The topological polar surface area (TPSA) is 17.1 Å². The molecule has 0 aliphatic carbocycles. The minimum absolute atomic E-state index is 0.262. The molecule has 0 N–H and O–H groups in total. The summed E-state index contributed by atoms with van der Waals surface area (Å²) in [6.07, 6.45) is 19.2. The van der Waals surface area contributed by atoms with E-state index in [1.807, 2.05) is 0 Å². The van der Waals surface area contributed by atoms with Gasteiger partial charge in [0.15, 0.2) is 5.12 Å². The van der Waals surface area contributed by atoms with Gasteiger partial charge < -0.3 is 0 Å². The maximum absolute atomic E-state index is 11.7. The van der Waals surface area contributed by atoms with Crippen LogP contribution in [-0.4, -0.2) is 10.9 Å². The number of thioether (sulfide) groups is 1. The molecular formula is C20H40OS. The standard InChI is InChI=1S/C20H40OS/c1-4-6-7-8-9-10-11-12-13-14-15-16-17-18-19(3)20(21)22-5-2/h19H,4-18H2,1-3H3. The fourth-order valence-corrected chi connectivity index (χ4v) is 3.56. The Morgan fingerprint density at radius 3 is 1.55 bits per heavy atom. The van der Waals surface area contributed by atoms with Crippen LogP contribution in [0.15, 0.2) is 0 Å². The first-order valence-corrected chi connectivity index (χ1v) is 10.9. The summed E-state index contributed by atoms with van der Waals surface area (Å²) in [5.41, 5.74) is 0. The highest BCUT2D eigenvalue weighted by molar-refractivity contribution is 8.13. The summed E-state index contributed by atoms with van der Waals surface area (Å²) in [5.74, 6) is 1.18. The Bertz CT molecular complexity index is 240. The second-order valence-electron chi connectivity index (χ2n) is 6.68. The fraction of sp³-hybridized carbons (Fsp3) is 0.950. The lowest BCUT2D eigenvalue weighted by molar-refractivity contribution is -0.114. The van der Waals surface area contributed by atoms with Crippen LogP contribution in [0.1, 0.15) is 111 Å². The number of unbranched alkanes of at least 4 members (excludes halogenated alkanes) is 12. The molecular weight excluding hydrogens is 288 g/mol. The highest BCUT2D eigenvalue weighted by Gasteiger charge is 2.11. The third kappa shape index (κ3) is 14.9. The summed E-state index contributed by atoms with van der Waals surface area (Å²) in [6, 6.07) is 0.